The number of halogens is 2. The highest BCUT2D eigenvalue weighted by Gasteiger charge is 2.26. The van der Waals surface area contributed by atoms with Crippen LogP contribution < -0.4 is 15.8 Å². The van der Waals surface area contributed by atoms with Gasteiger partial charge in [-0.15, -0.1) is 0 Å². The second kappa shape index (κ2) is 5.47. The minimum absolute atomic E-state index is 0.190. The van der Waals surface area contributed by atoms with Gasteiger partial charge in [-0.2, -0.15) is 0 Å². The molecule has 1 atom stereocenters. The summed E-state index contributed by atoms with van der Waals surface area (Å²) >= 11 is 12.0. The first-order valence-electron chi connectivity index (χ1n) is 6.33. The Bertz CT molecular complexity index is 719. The average Bonchev–Trinajstić information content (AvgIpc) is 2.86. The third-order valence-electron chi connectivity index (χ3n) is 3.30. The number of ether oxygens (including phenoxy) is 1. The second-order valence-corrected chi connectivity index (χ2v) is 5.52. The van der Waals surface area contributed by atoms with E-state index >= 15 is 0 Å². The van der Waals surface area contributed by atoms with E-state index in [1.54, 1.807) is 0 Å². The summed E-state index contributed by atoms with van der Waals surface area (Å²) in [7, 11) is 0. The molecule has 3 rings (SSSR count). The Labute approximate surface area is 131 Å². The lowest BCUT2D eigenvalue weighted by Gasteiger charge is -2.13. The number of carbonyl (C=O) groups is 1. The number of rotatable bonds is 2. The highest BCUT2D eigenvalue weighted by molar-refractivity contribution is 6.44. The van der Waals surface area contributed by atoms with Gasteiger partial charge in [-0.25, -0.2) is 0 Å². The molecule has 21 heavy (non-hydrogen) atoms. The van der Waals surface area contributed by atoms with Crippen LogP contribution in [0.2, 0.25) is 10.0 Å². The van der Waals surface area contributed by atoms with Gasteiger partial charge < -0.3 is 15.8 Å². The van der Waals surface area contributed by atoms with Gasteiger partial charge in [-0.1, -0.05) is 41.4 Å². The molecular weight excluding hydrogens is 311 g/mol. The fraction of sp³-hybridized carbons (Fsp3) is 0.133. The lowest BCUT2D eigenvalue weighted by atomic mass is 10.1. The van der Waals surface area contributed by atoms with Gasteiger partial charge in [-0.05, 0) is 18.2 Å². The molecule has 6 heteroatoms. The Kier molecular flexibility index (Phi) is 3.66. The number of benzene rings is 2. The first-order chi connectivity index (χ1) is 10.1. The predicted molar refractivity (Wildman–Crippen MR) is 83.0 cm³/mol. The molecule has 4 nitrogen and oxygen atoms in total. The Morgan fingerprint density at radius 1 is 1.29 bits per heavy atom. The van der Waals surface area contributed by atoms with E-state index < -0.39 is 0 Å². The van der Waals surface area contributed by atoms with Crippen molar-refractivity contribution in [1.82, 2.24) is 5.32 Å². The zero-order valence-electron chi connectivity index (χ0n) is 10.9. The third kappa shape index (κ3) is 2.64. The molecule has 3 N–H and O–H groups in total. The number of nitrogens with one attached hydrogen (secondary N) is 1. The Morgan fingerprint density at radius 3 is 2.86 bits per heavy atom. The van der Waals surface area contributed by atoms with E-state index in [0.717, 1.165) is 11.3 Å². The number of nitrogens with two attached hydrogens (primary N) is 1. The molecule has 0 spiro atoms. The van der Waals surface area contributed by atoms with Gasteiger partial charge >= 0.3 is 0 Å². The van der Waals surface area contributed by atoms with E-state index in [1.807, 2.05) is 24.3 Å². The number of nitrogen functional groups attached to an aromatic ring is 1. The molecule has 0 fully saturated rings. The molecule has 2 aromatic carbocycles. The smallest absolute Gasteiger partial charge is 0.253 e. The van der Waals surface area contributed by atoms with Gasteiger partial charge in [0.2, 0.25) is 0 Å². The predicted octanol–water partition coefficient (Wildman–Crippen LogP) is 3.44. The average molecular weight is 323 g/mol. The molecule has 0 saturated carbocycles. The van der Waals surface area contributed by atoms with Crippen molar-refractivity contribution in [3.8, 4) is 5.75 Å². The van der Waals surface area contributed by atoms with Crippen LogP contribution in [-0.4, -0.2) is 12.5 Å². The molecule has 2 aromatic rings. The molecule has 0 bridgehead atoms. The normalized spacial score (nSPS) is 16.2. The van der Waals surface area contributed by atoms with Gasteiger partial charge in [0.1, 0.15) is 12.4 Å². The summed E-state index contributed by atoms with van der Waals surface area (Å²) in [5.41, 5.74) is 7.29. The van der Waals surface area contributed by atoms with Crippen LogP contribution in [-0.2, 0) is 0 Å². The molecule has 0 radical (unpaired) electrons. The van der Waals surface area contributed by atoms with Crippen LogP contribution >= 0.6 is 23.2 Å². The van der Waals surface area contributed by atoms with Crippen molar-refractivity contribution in [1.29, 1.82) is 0 Å². The molecule has 0 aliphatic carbocycles. The van der Waals surface area contributed by atoms with Crippen LogP contribution in [0, 0.1) is 0 Å². The fourth-order valence-corrected chi connectivity index (χ4v) is 2.72. The van der Waals surface area contributed by atoms with Gasteiger partial charge in [-0.3, -0.25) is 4.79 Å². The van der Waals surface area contributed by atoms with E-state index in [1.165, 1.54) is 12.1 Å². The van der Waals surface area contributed by atoms with Crippen molar-refractivity contribution in [2.75, 3.05) is 12.3 Å². The quantitative estimate of drug-likeness (QED) is 0.832. The summed E-state index contributed by atoms with van der Waals surface area (Å²) in [4.78, 5) is 12.4. The molecule has 1 amide bonds. The molecule has 108 valence electrons. The van der Waals surface area contributed by atoms with E-state index in [9.17, 15) is 4.79 Å². The number of hydrogen-bond donors (Lipinski definition) is 2. The standard InChI is InChI=1S/C15H12Cl2N2O2/c16-11-6-8(18)5-10(14(11)17)15(20)19-12-7-21-13-4-2-1-3-9(12)13/h1-6,12H,7,18H2,(H,19,20). The molecule has 1 aliphatic rings. The Morgan fingerprint density at radius 2 is 2.05 bits per heavy atom. The molecule has 0 saturated heterocycles. The number of amides is 1. The highest BCUT2D eigenvalue weighted by Crippen LogP contribution is 2.33. The van der Waals surface area contributed by atoms with Crippen molar-refractivity contribution in [3.05, 3.63) is 57.6 Å². The van der Waals surface area contributed by atoms with Crippen LogP contribution in [0.15, 0.2) is 36.4 Å². The maximum Gasteiger partial charge on any atom is 0.253 e. The van der Waals surface area contributed by atoms with E-state index in [4.69, 9.17) is 33.7 Å². The minimum atomic E-state index is -0.334. The van der Waals surface area contributed by atoms with Gasteiger partial charge in [0.25, 0.3) is 5.91 Å². The van der Waals surface area contributed by atoms with Crippen molar-refractivity contribution in [2.24, 2.45) is 0 Å². The first-order valence-corrected chi connectivity index (χ1v) is 7.09. The summed E-state index contributed by atoms with van der Waals surface area (Å²) in [6.07, 6.45) is 0. The van der Waals surface area contributed by atoms with Gasteiger partial charge in [0.15, 0.2) is 0 Å². The molecular formula is C15H12Cl2N2O2. The van der Waals surface area contributed by atoms with E-state index in [-0.39, 0.29) is 27.6 Å². The monoisotopic (exact) mass is 322 g/mol. The summed E-state index contributed by atoms with van der Waals surface area (Å²) in [5, 5.41) is 3.33. The van der Waals surface area contributed by atoms with Crippen LogP contribution in [0.1, 0.15) is 22.0 Å². The number of anilines is 1. The number of hydrogen-bond acceptors (Lipinski definition) is 3. The SMILES string of the molecule is Nc1cc(Cl)c(Cl)c(C(=O)NC2COc3ccccc32)c1. The van der Waals surface area contributed by atoms with Crippen LogP contribution in [0.4, 0.5) is 5.69 Å². The summed E-state index contributed by atoms with van der Waals surface area (Å²) in [5.74, 6) is 0.444. The van der Waals surface area contributed by atoms with Crippen LogP contribution in [0.5, 0.6) is 5.75 Å². The number of carbonyl (C=O) groups excluding carboxylic acids is 1. The van der Waals surface area contributed by atoms with Gasteiger partial charge in [0, 0.05) is 11.3 Å². The summed E-state index contributed by atoms with van der Waals surface area (Å²) < 4.78 is 5.53. The first kappa shape index (κ1) is 14.0. The van der Waals surface area contributed by atoms with Crippen molar-refractivity contribution in [3.63, 3.8) is 0 Å². The van der Waals surface area contributed by atoms with Gasteiger partial charge in [0.05, 0.1) is 21.7 Å². The summed E-state index contributed by atoms with van der Waals surface area (Å²) in [6.45, 7) is 0.388. The van der Waals surface area contributed by atoms with E-state index in [2.05, 4.69) is 5.32 Å². The lowest BCUT2D eigenvalue weighted by molar-refractivity contribution is 0.0930. The van der Waals surface area contributed by atoms with Crippen LogP contribution in [0.25, 0.3) is 0 Å². The maximum absolute atomic E-state index is 12.4. The molecule has 1 unspecified atom stereocenters. The largest absolute Gasteiger partial charge is 0.491 e. The Balaban J connectivity index is 1.85. The topological polar surface area (TPSA) is 64.4 Å². The maximum atomic E-state index is 12.4. The molecule has 1 heterocycles. The zero-order chi connectivity index (χ0) is 15.0. The number of fused-ring (bicyclic) bond motifs is 1. The zero-order valence-corrected chi connectivity index (χ0v) is 12.4. The van der Waals surface area contributed by atoms with Crippen molar-refractivity contribution >= 4 is 34.8 Å². The molecule has 1 aliphatic heterocycles. The lowest BCUT2D eigenvalue weighted by Crippen LogP contribution is -2.29. The number of para-hydroxylation sites is 1. The minimum Gasteiger partial charge on any atom is -0.491 e. The fourth-order valence-electron chi connectivity index (χ4n) is 2.29. The summed E-state index contributed by atoms with van der Waals surface area (Å²) in [6, 6.07) is 10.4. The van der Waals surface area contributed by atoms with E-state index in [0.29, 0.717) is 12.3 Å². The van der Waals surface area contributed by atoms with Crippen LogP contribution in [0.3, 0.4) is 0 Å². The van der Waals surface area contributed by atoms with Crippen molar-refractivity contribution in [2.45, 2.75) is 6.04 Å². The molecule has 0 aromatic heterocycles. The highest BCUT2D eigenvalue weighted by atomic mass is 35.5. The van der Waals surface area contributed by atoms with Crippen molar-refractivity contribution < 1.29 is 9.53 Å². The second-order valence-electron chi connectivity index (χ2n) is 4.74. The third-order valence-corrected chi connectivity index (χ3v) is 4.10. The Hall–Kier alpha value is -1.91.